The van der Waals surface area contributed by atoms with Gasteiger partial charge in [-0.15, -0.1) is 0 Å². The summed E-state index contributed by atoms with van der Waals surface area (Å²) in [5.74, 6) is 1.92. The summed E-state index contributed by atoms with van der Waals surface area (Å²) < 4.78 is 11.8. The third kappa shape index (κ3) is 4.08. The van der Waals surface area contributed by atoms with E-state index in [0.717, 1.165) is 12.3 Å². The van der Waals surface area contributed by atoms with Crippen LogP contribution in [0.3, 0.4) is 0 Å². The number of hydrogen-bond acceptors (Lipinski definition) is 2. The van der Waals surface area contributed by atoms with Crippen LogP contribution < -0.4 is 0 Å². The fourth-order valence-corrected chi connectivity index (χ4v) is 2.28. The van der Waals surface area contributed by atoms with Crippen LogP contribution in [-0.2, 0) is 4.57 Å². The molecule has 0 heterocycles. The monoisotopic (exact) mass is 190 g/mol. The van der Waals surface area contributed by atoms with Crippen LogP contribution in [-0.4, -0.2) is 24.0 Å². The Labute approximate surface area is 75.1 Å². The van der Waals surface area contributed by atoms with E-state index in [1.807, 2.05) is 26.8 Å². The molecule has 0 rings (SSSR count). The Morgan fingerprint density at radius 2 is 1.92 bits per heavy atom. The van der Waals surface area contributed by atoms with Crippen molar-refractivity contribution in [2.24, 2.45) is 5.92 Å². The Morgan fingerprint density at radius 1 is 1.42 bits per heavy atom. The van der Waals surface area contributed by atoms with Gasteiger partial charge in [-0.25, -0.2) is 0 Å². The number of rotatable bonds is 5. The van der Waals surface area contributed by atoms with Crippen molar-refractivity contribution >= 4 is 7.14 Å². The third-order valence-corrected chi connectivity index (χ3v) is 4.90. The molecule has 0 fully saturated rings. The summed E-state index contributed by atoms with van der Waals surface area (Å²) in [5, 5.41) is 8.74. The van der Waals surface area contributed by atoms with Crippen LogP contribution in [0, 0.1) is 5.92 Å². The molecule has 0 saturated carbocycles. The smallest absolute Gasteiger partial charge is 0.107 e. The second-order valence-corrected chi connectivity index (χ2v) is 6.55. The zero-order valence-electron chi connectivity index (χ0n) is 8.16. The van der Waals surface area contributed by atoms with E-state index in [0.29, 0.717) is 0 Å². The van der Waals surface area contributed by atoms with Gasteiger partial charge in [0.05, 0.1) is 0 Å². The van der Waals surface area contributed by atoms with E-state index >= 15 is 0 Å². The first kappa shape index (κ1) is 11.9. The molecule has 0 amide bonds. The lowest BCUT2D eigenvalue weighted by Gasteiger charge is -2.08. The Hall–Kier alpha value is -0.0700. The van der Waals surface area contributed by atoms with E-state index in [1.165, 1.54) is 0 Å². The van der Waals surface area contributed by atoms with Gasteiger partial charge >= 0.3 is 0 Å². The quantitative estimate of drug-likeness (QED) is 0.676. The minimum Gasteiger partial charge on any atom is -0.396 e. The third-order valence-electron chi connectivity index (χ3n) is 2.04. The molecular formula is C9H19O2P. The van der Waals surface area contributed by atoms with Gasteiger partial charge in [-0.3, -0.25) is 0 Å². The fourth-order valence-electron chi connectivity index (χ4n) is 0.799. The van der Waals surface area contributed by atoms with E-state index in [9.17, 15) is 4.57 Å². The minimum atomic E-state index is -2.04. The van der Waals surface area contributed by atoms with Crippen molar-refractivity contribution in [3.05, 3.63) is 11.9 Å². The van der Waals surface area contributed by atoms with Gasteiger partial charge in [0, 0.05) is 18.9 Å². The highest BCUT2D eigenvalue weighted by molar-refractivity contribution is 7.66. The zero-order valence-corrected chi connectivity index (χ0v) is 9.05. The molecular weight excluding hydrogens is 171 g/mol. The lowest BCUT2D eigenvalue weighted by atomic mass is 10.2. The van der Waals surface area contributed by atoms with Crippen molar-refractivity contribution in [2.45, 2.75) is 20.8 Å². The molecule has 12 heavy (non-hydrogen) atoms. The van der Waals surface area contributed by atoms with E-state index in [-0.39, 0.29) is 12.5 Å². The fraction of sp³-hybridized carbons (Fsp3) is 0.778. The molecule has 72 valence electrons. The van der Waals surface area contributed by atoms with Gasteiger partial charge in [0.25, 0.3) is 0 Å². The normalized spacial score (nSPS) is 15.3. The molecule has 0 aromatic carbocycles. The van der Waals surface area contributed by atoms with Gasteiger partial charge < -0.3 is 9.67 Å². The number of hydrogen-bond donors (Lipinski definition) is 1. The summed E-state index contributed by atoms with van der Waals surface area (Å²) in [6.45, 7) is 5.92. The molecule has 2 nitrogen and oxygen atoms in total. The molecule has 0 radical (unpaired) electrons. The highest BCUT2D eigenvalue weighted by Gasteiger charge is 2.11. The Balaban J connectivity index is 4.20. The van der Waals surface area contributed by atoms with Gasteiger partial charge in [0.2, 0.25) is 0 Å². The topological polar surface area (TPSA) is 37.3 Å². The summed E-state index contributed by atoms with van der Waals surface area (Å²) in [6, 6.07) is 0. The highest BCUT2D eigenvalue weighted by atomic mass is 31.2. The second kappa shape index (κ2) is 5.55. The van der Waals surface area contributed by atoms with Crippen LogP contribution in [0.4, 0.5) is 0 Å². The number of aliphatic hydroxyl groups is 1. The summed E-state index contributed by atoms with van der Waals surface area (Å²) in [5.41, 5.74) is 0. The standard InChI is InChI=1S/C9H19O2P/c1-4-12(11,5-2)7-6-9(3)8-10/h6-7,9-10H,4-5,8H2,1-3H3/b7-6-. The summed E-state index contributed by atoms with van der Waals surface area (Å²) in [4.78, 5) is 0. The number of aliphatic hydroxyl groups excluding tert-OH is 1. The second-order valence-electron chi connectivity index (χ2n) is 3.09. The van der Waals surface area contributed by atoms with Gasteiger partial charge in [0.15, 0.2) is 0 Å². The van der Waals surface area contributed by atoms with Crippen molar-refractivity contribution in [3.63, 3.8) is 0 Å². The first-order valence-corrected chi connectivity index (χ1v) is 6.60. The van der Waals surface area contributed by atoms with Crippen molar-refractivity contribution in [2.75, 3.05) is 18.9 Å². The molecule has 0 aliphatic carbocycles. The van der Waals surface area contributed by atoms with Gasteiger partial charge in [0.1, 0.15) is 7.14 Å². The lowest BCUT2D eigenvalue weighted by Crippen LogP contribution is -1.95. The van der Waals surface area contributed by atoms with Crippen LogP contribution in [0.15, 0.2) is 11.9 Å². The van der Waals surface area contributed by atoms with Crippen LogP contribution in [0.25, 0.3) is 0 Å². The summed E-state index contributed by atoms with van der Waals surface area (Å²) in [7, 11) is -2.04. The molecule has 1 atom stereocenters. The molecule has 0 aromatic rings. The van der Waals surface area contributed by atoms with Gasteiger partial charge in [-0.05, 0) is 11.7 Å². The predicted octanol–water partition coefficient (Wildman–Crippen LogP) is 2.53. The molecule has 0 aliphatic rings. The summed E-state index contributed by atoms with van der Waals surface area (Å²) in [6.07, 6.45) is 3.30. The van der Waals surface area contributed by atoms with E-state index in [2.05, 4.69) is 0 Å². The van der Waals surface area contributed by atoms with Crippen molar-refractivity contribution in [1.82, 2.24) is 0 Å². The van der Waals surface area contributed by atoms with Gasteiger partial charge in [-0.1, -0.05) is 26.8 Å². The molecule has 3 heteroatoms. The Morgan fingerprint density at radius 3 is 2.25 bits per heavy atom. The zero-order chi connectivity index (χ0) is 9.61. The largest absolute Gasteiger partial charge is 0.396 e. The van der Waals surface area contributed by atoms with E-state index in [4.69, 9.17) is 5.11 Å². The molecule has 0 aliphatic heterocycles. The molecule has 0 bridgehead atoms. The van der Waals surface area contributed by atoms with Crippen LogP contribution in [0.5, 0.6) is 0 Å². The van der Waals surface area contributed by atoms with Crippen LogP contribution >= 0.6 is 7.14 Å². The molecule has 1 unspecified atom stereocenters. The molecule has 0 aromatic heterocycles. The molecule has 0 spiro atoms. The van der Waals surface area contributed by atoms with Crippen molar-refractivity contribution < 1.29 is 9.67 Å². The first-order valence-electron chi connectivity index (χ1n) is 4.46. The average Bonchev–Trinajstić information content (AvgIpc) is 2.13. The van der Waals surface area contributed by atoms with Gasteiger partial charge in [-0.2, -0.15) is 0 Å². The molecule has 0 saturated heterocycles. The average molecular weight is 190 g/mol. The van der Waals surface area contributed by atoms with Crippen molar-refractivity contribution in [1.29, 1.82) is 0 Å². The maximum Gasteiger partial charge on any atom is 0.107 e. The SMILES string of the molecule is CCP(=O)(/C=C\C(C)CO)CC. The highest BCUT2D eigenvalue weighted by Crippen LogP contribution is 2.46. The van der Waals surface area contributed by atoms with Crippen LogP contribution in [0.1, 0.15) is 20.8 Å². The Kier molecular flexibility index (Phi) is 5.52. The summed E-state index contributed by atoms with van der Waals surface area (Å²) >= 11 is 0. The maximum absolute atomic E-state index is 11.8. The molecule has 1 N–H and O–H groups in total. The first-order chi connectivity index (χ1) is 5.58. The van der Waals surface area contributed by atoms with E-state index in [1.54, 1.807) is 5.82 Å². The Bertz CT molecular complexity index is 179. The lowest BCUT2D eigenvalue weighted by molar-refractivity contribution is 0.262. The predicted molar refractivity (Wildman–Crippen MR) is 54.1 cm³/mol. The van der Waals surface area contributed by atoms with E-state index < -0.39 is 7.14 Å². The van der Waals surface area contributed by atoms with Crippen LogP contribution in [0.2, 0.25) is 0 Å². The van der Waals surface area contributed by atoms with Crippen molar-refractivity contribution in [3.8, 4) is 0 Å². The maximum atomic E-state index is 11.8. The minimum absolute atomic E-state index is 0.122.